The van der Waals surface area contributed by atoms with Gasteiger partial charge in [-0.05, 0) is 30.7 Å². The molecule has 1 aliphatic carbocycles. The Kier molecular flexibility index (Phi) is 5.46. The molecular formula is C17H19F3N4S. The summed E-state index contributed by atoms with van der Waals surface area (Å²) in [5.41, 5.74) is -0.482. The molecule has 2 atom stereocenters. The predicted octanol–water partition coefficient (Wildman–Crippen LogP) is 4.64. The van der Waals surface area contributed by atoms with Gasteiger partial charge in [0.15, 0.2) is 11.5 Å². The van der Waals surface area contributed by atoms with Crippen molar-refractivity contribution in [2.75, 3.05) is 11.1 Å². The van der Waals surface area contributed by atoms with E-state index in [4.69, 9.17) is 0 Å². The summed E-state index contributed by atoms with van der Waals surface area (Å²) in [5.74, 6) is 1.24. The van der Waals surface area contributed by atoms with Crippen LogP contribution in [-0.2, 0) is 6.18 Å². The van der Waals surface area contributed by atoms with Crippen LogP contribution in [0.25, 0.3) is 11.4 Å². The van der Waals surface area contributed by atoms with Crippen LogP contribution >= 0.6 is 11.8 Å². The smallest absolute Gasteiger partial charge is 0.366 e. The molecule has 2 aromatic rings. The zero-order valence-corrected chi connectivity index (χ0v) is 14.6. The van der Waals surface area contributed by atoms with Crippen molar-refractivity contribution in [2.45, 2.75) is 43.7 Å². The highest BCUT2D eigenvalue weighted by molar-refractivity contribution is 7.99. The fourth-order valence-electron chi connectivity index (χ4n) is 2.99. The van der Waals surface area contributed by atoms with E-state index in [9.17, 15) is 13.2 Å². The zero-order chi connectivity index (χ0) is 17.9. The second-order valence-corrected chi connectivity index (χ2v) is 7.39. The number of halogens is 3. The third-order valence-corrected chi connectivity index (χ3v) is 5.43. The van der Waals surface area contributed by atoms with Gasteiger partial charge in [-0.2, -0.15) is 24.9 Å². The minimum Gasteiger partial charge on any atom is -0.366 e. The van der Waals surface area contributed by atoms with Crippen molar-refractivity contribution < 1.29 is 13.2 Å². The number of thioether (sulfide) groups is 1. The minimum atomic E-state index is -4.52. The molecule has 0 spiro atoms. The van der Waals surface area contributed by atoms with Crippen molar-refractivity contribution in [3.8, 4) is 11.4 Å². The SMILES string of the molecule is CCSC1CCCC1Nc1cc(C(F)(F)F)nc(-c2cccnc2)n1. The number of hydrogen-bond acceptors (Lipinski definition) is 5. The van der Waals surface area contributed by atoms with Gasteiger partial charge in [-0.3, -0.25) is 4.98 Å². The molecule has 1 N–H and O–H groups in total. The van der Waals surface area contributed by atoms with E-state index in [-0.39, 0.29) is 17.7 Å². The molecule has 2 unspecified atom stereocenters. The molecule has 0 saturated heterocycles. The van der Waals surface area contributed by atoms with E-state index >= 15 is 0 Å². The summed E-state index contributed by atoms with van der Waals surface area (Å²) in [6, 6.07) is 4.42. The van der Waals surface area contributed by atoms with Gasteiger partial charge in [0.2, 0.25) is 0 Å². The van der Waals surface area contributed by atoms with E-state index in [1.165, 1.54) is 6.20 Å². The molecule has 1 saturated carbocycles. The summed E-state index contributed by atoms with van der Waals surface area (Å²) < 4.78 is 39.7. The lowest BCUT2D eigenvalue weighted by atomic mass is 10.2. The van der Waals surface area contributed by atoms with E-state index in [0.717, 1.165) is 31.1 Å². The summed E-state index contributed by atoms with van der Waals surface area (Å²) in [6.07, 6.45) is 1.58. The molecule has 0 bridgehead atoms. The van der Waals surface area contributed by atoms with Gasteiger partial charge in [0.25, 0.3) is 0 Å². The Labute approximate surface area is 148 Å². The number of nitrogens with one attached hydrogen (secondary N) is 1. The van der Waals surface area contributed by atoms with Crippen molar-refractivity contribution in [1.29, 1.82) is 0 Å². The number of alkyl halides is 3. The molecule has 25 heavy (non-hydrogen) atoms. The first-order valence-corrected chi connectivity index (χ1v) is 9.27. The molecule has 0 amide bonds. The molecule has 1 aliphatic rings. The number of pyridine rings is 1. The Morgan fingerprint density at radius 3 is 2.80 bits per heavy atom. The highest BCUT2D eigenvalue weighted by atomic mass is 32.2. The first kappa shape index (κ1) is 18.0. The van der Waals surface area contributed by atoms with Gasteiger partial charge in [-0.1, -0.05) is 13.3 Å². The van der Waals surface area contributed by atoms with Crippen LogP contribution in [-0.4, -0.2) is 32.0 Å². The van der Waals surface area contributed by atoms with E-state index < -0.39 is 11.9 Å². The largest absolute Gasteiger partial charge is 0.433 e. The second-order valence-electron chi connectivity index (χ2n) is 5.88. The van der Waals surface area contributed by atoms with Crippen molar-refractivity contribution >= 4 is 17.6 Å². The van der Waals surface area contributed by atoms with Crippen molar-refractivity contribution in [1.82, 2.24) is 15.0 Å². The molecule has 1 fully saturated rings. The van der Waals surface area contributed by atoms with Gasteiger partial charge in [0.1, 0.15) is 5.82 Å². The molecule has 8 heteroatoms. The molecular weight excluding hydrogens is 349 g/mol. The Morgan fingerprint density at radius 2 is 2.12 bits per heavy atom. The lowest BCUT2D eigenvalue weighted by molar-refractivity contribution is -0.141. The lowest BCUT2D eigenvalue weighted by Crippen LogP contribution is -2.27. The van der Waals surface area contributed by atoms with E-state index in [2.05, 4.69) is 27.2 Å². The van der Waals surface area contributed by atoms with Crippen LogP contribution in [0, 0.1) is 0 Å². The van der Waals surface area contributed by atoms with E-state index in [0.29, 0.717) is 10.8 Å². The van der Waals surface area contributed by atoms with Gasteiger partial charge in [-0.15, -0.1) is 0 Å². The topological polar surface area (TPSA) is 50.7 Å². The summed E-state index contributed by atoms with van der Waals surface area (Å²) in [7, 11) is 0. The second kappa shape index (κ2) is 7.59. The van der Waals surface area contributed by atoms with Crippen molar-refractivity contribution in [3.63, 3.8) is 0 Å². The third kappa shape index (κ3) is 4.42. The van der Waals surface area contributed by atoms with Gasteiger partial charge in [0, 0.05) is 35.3 Å². The molecule has 0 aliphatic heterocycles. The third-order valence-electron chi connectivity index (χ3n) is 4.10. The molecule has 3 rings (SSSR count). The summed E-state index contributed by atoms with van der Waals surface area (Å²) in [4.78, 5) is 11.9. The summed E-state index contributed by atoms with van der Waals surface area (Å²) >= 11 is 1.84. The number of rotatable bonds is 5. The first-order chi connectivity index (χ1) is 12.0. The molecule has 2 heterocycles. The van der Waals surface area contributed by atoms with Crippen LogP contribution in [0.4, 0.5) is 19.0 Å². The maximum Gasteiger partial charge on any atom is 0.433 e. The lowest BCUT2D eigenvalue weighted by Gasteiger charge is -2.21. The highest BCUT2D eigenvalue weighted by Gasteiger charge is 2.34. The maximum atomic E-state index is 13.2. The number of nitrogens with zero attached hydrogens (tertiary/aromatic N) is 3. The van der Waals surface area contributed by atoms with Gasteiger partial charge in [-0.25, -0.2) is 9.97 Å². The quantitative estimate of drug-likeness (QED) is 0.833. The normalized spacial score (nSPS) is 20.6. The molecule has 0 radical (unpaired) electrons. The van der Waals surface area contributed by atoms with Crippen LogP contribution in [0.2, 0.25) is 0 Å². The van der Waals surface area contributed by atoms with Crippen LogP contribution in [0.3, 0.4) is 0 Å². The number of anilines is 1. The van der Waals surface area contributed by atoms with E-state index in [1.807, 2.05) is 11.8 Å². The first-order valence-electron chi connectivity index (χ1n) is 8.22. The Balaban J connectivity index is 1.93. The minimum absolute atomic E-state index is 0.0307. The average Bonchev–Trinajstić information content (AvgIpc) is 3.02. The van der Waals surface area contributed by atoms with Gasteiger partial charge >= 0.3 is 6.18 Å². The van der Waals surface area contributed by atoms with Crippen molar-refractivity contribution in [2.24, 2.45) is 0 Å². The van der Waals surface area contributed by atoms with Crippen LogP contribution in [0.5, 0.6) is 0 Å². The standard InChI is InChI=1S/C17H19F3N4S/c1-2-25-13-7-3-6-12(13)22-15-9-14(17(18,19)20)23-16(24-15)11-5-4-8-21-10-11/h4-5,8-10,12-13H,2-3,6-7H2,1H3,(H,22,23,24). The van der Waals surface area contributed by atoms with Gasteiger partial charge < -0.3 is 5.32 Å². The fourth-order valence-corrected chi connectivity index (χ4v) is 4.18. The van der Waals surface area contributed by atoms with Crippen LogP contribution < -0.4 is 5.32 Å². The zero-order valence-electron chi connectivity index (χ0n) is 13.8. The average molecular weight is 368 g/mol. The van der Waals surface area contributed by atoms with Crippen molar-refractivity contribution in [3.05, 3.63) is 36.3 Å². The molecule has 4 nitrogen and oxygen atoms in total. The van der Waals surface area contributed by atoms with Crippen LogP contribution in [0.1, 0.15) is 31.9 Å². The summed E-state index contributed by atoms with van der Waals surface area (Å²) in [5, 5.41) is 3.61. The fraction of sp³-hybridized carbons (Fsp3) is 0.471. The van der Waals surface area contributed by atoms with Crippen LogP contribution in [0.15, 0.2) is 30.6 Å². The summed E-state index contributed by atoms with van der Waals surface area (Å²) in [6.45, 7) is 2.09. The Bertz CT molecular complexity index is 709. The molecule has 2 aromatic heterocycles. The van der Waals surface area contributed by atoms with Gasteiger partial charge in [0.05, 0.1) is 0 Å². The monoisotopic (exact) mass is 368 g/mol. The maximum absolute atomic E-state index is 13.2. The molecule has 0 aromatic carbocycles. The van der Waals surface area contributed by atoms with E-state index in [1.54, 1.807) is 18.3 Å². The Morgan fingerprint density at radius 1 is 1.28 bits per heavy atom. The number of aromatic nitrogens is 3. The molecule has 134 valence electrons. The Hall–Kier alpha value is -1.83. The highest BCUT2D eigenvalue weighted by Crippen LogP contribution is 2.34. The number of hydrogen-bond donors (Lipinski definition) is 1. The predicted molar refractivity (Wildman–Crippen MR) is 93.4 cm³/mol.